The largest absolute Gasteiger partial charge is 0.493 e. The molecular formula is C10H7NO7. The van der Waals surface area contributed by atoms with Gasteiger partial charge in [0, 0.05) is 0 Å². The molecule has 1 aliphatic rings. The Morgan fingerprint density at radius 3 is 2.39 bits per heavy atom. The molecule has 1 aromatic rings. The van der Waals surface area contributed by atoms with Crippen LogP contribution in [0.25, 0.3) is 0 Å². The summed E-state index contributed by atoms with van der Waals surface area (Å²) < 4.78 is 14.1. The van der Waals surface area contributed by atoms with Crippen LogP contribution in [0.15, 0.2) is 6.07 Å². The van der Waals surface area contributed by atoms with Crippen LogP contribution >= 0.6 is 0 Å². The van der Waals surface area contributed by atoms with E-state index in [4.69, 9.17) is 9.47 Å². The maximum absolute atomic E-state index is 11.4. The first-order chi connectivity index (χ1) is 8.51. The van der Waals surface area contributed by atoms with Crippen molar-refractivity contribution in [3.8, 4) is 11.5 Å². The lowest BCUT2D eigenvalue weighted by molar-refractivity contribution is -0.386. The normalized spacial score (nSPS) is 13.0. The van der Waals surface area contributed by atoms with Gasteiger partial charge in [-0.2, -0.15) is 0 Å². The van der Waals surface area contributed by atoms with E-state index in [1.807, 2.05) is 0 Å². The van der Waals surface area contributed by atoms with Crippen molar-refractivity contribution in [3.05, 3.63) is 27.3 Å². The van der Waals surface area contributed by atoms with E-state index in [1.165, 1.54) is 20.3 Å². The van der Waals surface area contributed by atoms with Crippen molar-refractivity contribution in [3.63, 3.8) is 0 Å². The number of methoxy groups -OCH3 is 2. The number of esters is 2. The van der Waals surface area contributed by atoms with Crippen molar-refractivity contribution >= 4 is 17.6 Å². The van der Waals surface area contributed by atoms with Crippen LogP contribution in [0.4, 0.5) is 5.69 Å². The van der Waals surface area contributed by atoms with Crippen molar-refractivity contribution in [1.82, 2.24) is 0 Å². The average Bonchev–Trinajstić information content (AvgIpc) is 2.62. The Balaban J connectivity index is 2.87. The summed E-state index contributed by atoms with van der Waals surface area (Å²) in [6, 6.07) is 1.17. The molecule has 8 nitrogen and oxygen atoms in total. The monoisotopic (exact) mass is 253 g/mol. The Kier molecular flexibility index (Phi) is 2.62. The van der Waals surface area contributed by atoms with Crippen molar-refractivity contribution in [2.45, 2.75) is 0 Å². The van der Waals surface area contributed by atoms with E-state index in [0.29, 0.717) is 0 Å². The number of nitro groups is 1. The zero-order valence-electron chi connectivity index (χ0n) is 9.38. The van der Waals surface area contributed by atoms with E-state index in [1.54, 1.807) is 0 Å². The molecule has 0 radical (unpaired) electrons. The summed E-state index contributed by atoms with van der Waals surface area (Å²) in [5, 5.41) is 11.0. The number of hydrogen-bond donors (Lipinski definition) is 0. The highest BCUT2D eigenvalue weighted by Crippen LogP contribution is 2.43. The van der Waals surface area contributed by atoms with Crippen molar-refractivity contribution in [2.24, 2.45) is 0 Å². The quantitative estimate of drug-likeness (QED) is 0.341. The highest BCUT2D eigenvalue weighted by atomic mass is 16.6. The van der Waals surface area contributed by atoms with Crippen LogP contribution in [0.1, 0.15) is 20.7 Å². The number of hydrogen-bond acceptors (Lipinski definition) is 7. The van der Waals surface area contributed by atoms with Crippen LogP contribution in [-0.4, -0.2) is 31.1 Å². The van der Waals surface area contributed by atoms with Gasteiger partial charge in [0.05, 0.1) is 24.7 Å². The third kappa shape index (κ3) is 1.46. The average molecular weight is 253 g/mol. The number of benzene rings is 1. The SMILES string of the molecule is COc1cc2c(c([N+](=O)[O-])c1OC)C(=O)OC2=O. The molecular weight excluding hydrogens is 246 g/mol. The summed E-state index contributed by atoms with van der Waals surface area (Å²) in [4.78, 5) is 33.0. The molecule has 1 aliphatic heterocycles. The fourth-order valence-electron chi connectivity index (χ4n) is 1.71. The lowest BCUT2D eigenvalue weighted by Gasteiger charge is -2.08. The minimum Gasteiger partial charge on any atom is -0.493 e. The molecule has 0 aromatic heterocycles. The van der Waals surface area contributed by atoms with Crippen LogP contribution in [0, 0.1) is 10.1 Å². The van der Waals surface area contributed by atoms with Crippen molar-refractivity contribution in [2.75, 3.05) is 14.2 Å². The molecule has 0 spiro atoms. The van der Waals surface area contributed by atoms with E-state index >= 15 is 0 Å². The first-order valence-electron chi connectivity index (χ1n) is 4.71. The molecule has 0 fully saturated rings. The third-order valence-electron chi connectivity index (χ3n) is 2.44. The third-order valence-corrected chi connectivity index (χ3v) is 2.44. The van der Waals surface area contributed by atoms with Gasteiger partial charge in [-0.3, -0.25) is 10.1 Å². The van der Waals surface area contributed by atoms with Crippen LogP contribution in [0.3, 0.4) is 0 Å². The lowest BCUT2D eigenvalue weighted by Crippen LogP contribution is -2.04. The molecule has 1 aromatic carbocycles. The standard InChI is InChI=1S/C10H7NO7/c1-16-5-3-4-6(10(13)18-9(4)12)7(11(14)15)8(5)17-2/h3H,1-2H3. The van der Waals surface area contributed by atoms with E-state index in [0.717, 1.165) is 0 Å². The lowest BCUT2D eigenvalue weighted by atomic mass is 10.1. The van der Waals surface area contributed by atoms with Gasteiger partial charge < -0.3 is 14.2 Å². The molecule has 18 heavy (non-hydrogen) atoms. The summed E-state index contributed by atoms with van der Waals surface area (Å²) in [5.74, 6) is -2.26. The Morgan fingerprint density at radius 1 is 1.22 bits per heavy atom. The number of fused-ring (bicyclic) bond motifs is 1. The van der Waals surface area contributed by atoms with Gasteiger partial charge in [0.15, 0.2) is 11.3 Å². The molecule has 0 N–H and O–H groups in total. The van der Waals surface area contributed by atoms with Crippen LogP contribution in [0.5, 0.6) is 11.5 Å². The molecule has 0 amide bonds. The fourth-order valence-corrected chi connectivity index (χ4v) is 1.71. The first-order valence-corrected chi connectivity index (χ1v) is 4.71. The molecule has 0 unspecified atom stereocenters. The molecule has 0 saturated carbocycles. The Labute approximate surface area is 100 Å². The predicted molar refractivity (Wildman–Crippen MR) is 55.9 cm³/mol. The molecule has 0 saturated heterocycles. The van der Waals surface area contributed by atoms with E-state index in [-0.39, 0.29) is 17.1 Å². The predicted octanol–water partition coefficient (Wildman–Crippen LogP) is 0.923. The smallest absolute Gasteiger partial charge is 0.354 e. The van der Waals surface area contributed by atoms with Crippen LogP contribution in [-0.2, 0) is 4.74 Å². The Hall–Kier alpha value is -2.64. The molecule has 2 rings (SSSR count). The Bertz CT molecular complexity index is 578. The summed E-state index contributed by atoms with van der Waals surface area (Å²) in [5.41, 5.74) is -1.25. The molecule has 8 heteroatoms. The van der Waals surface area contributed by atoms with E-state index in [9.17, 15) is 19.7 Å². The molecule has 0 bridgehead atoms. The minimum absolute atomic E-state index is 0.0189. The van der Waals surface area contributed by atoms with Crippen LogP contribution in [0.2, 0.25) is 0 Å². The van der Waals surface area contributed by atoms with Gasteiger partial charge >= 0.3 is 17.6 Å². The number of ether oxygens (including phenoxy) is 3. The number of carbonyl (C=O) groups excluding carboxylic acids is 2. The molecule has 1 heterocycles. The second-order valence-electron chi connectivity index (χ2n) is 3.32. The highest BCUT2D eigenvalue weighted by molar-refractivity contribution is 6.17. The second kappa shape index (κ2) is 3.99. The zero-order chi connectivity index (χ0) is 13.4. The zero-order valence-corrected chi connectivity index (χ0v) is 9.38. The summed E-state index contributed by atoms with van der Waals surface area (Å²) in [7, 11) is 2.45. The Morgan fingerprint density at radius 2 is 1.89 bits per heavy atom. The van der Waals surface area contributed by atoms with Gasteiger partial charge in [-0.15, -0.1) is 0 Å². The van der Waals surface area contributed by atoms with Gasteiger partial charge in [-0.1, -0.05) is 0 Å². The molecule has 94 valence electrons. The summed E-state index contributed by atoms with van der Waals surface area (Å²) in [6.45, 7) is 0. The minimum atomic E-state index is -1.07. The van der Waals surface area contributed by atoms with E-state index in [2.05, 4.69) is 4.74 Å². The maximum atomic E-state index is 11.4. The van der Waals surface area contributed by atoms with Crippen molar-refractivity contribution in [1.29, 1.82) is 0 Å². The van der Waals surface area contributed by atoms with Crippen LogP contribution < -0.4 is 9.47 Å². The summed E-state index contributed by atoms with van der Waals surface area (Å²) in [6.07, 6.45) is 0. The molecule has 0 aliphatic carbocycles. The second-order valence-corrected chi connectivity index (χ2v) is 3.32. The van der Waals surface area contributed by atoms with Gasteiger partial charge in [0.2, 0.25) is 5.75 Å². The molecule has 0 atom stereocenters. The van der Waals surface area contributed by atoms with Gasteiger partial charge in [-0.05, 0) is 6.07 Å². The maximum Gasteiger partial charge on any atom is 0.354 e. The number of carbonyl (C=O) groups is 2. The van der Waals surface area contributed by atoms with Gasteiger partial charge in [-0.25, -0.2) is 9.59 Å². The first kappa shape index (κ1) is 11.8. The van der Waals surface area contributed by atoms with Gasteiger partial charge in [0.25, 0.3) is 0 Å². The topological polar surface area (TPSA) is 105 Å². The number of nitro benzene ring substituents is 1. The van der Waals surface area contributed by atoms with Gasteiger partial charge in [0.1, 0.15) is 0 Å². The summed E-state index contributed by atoms with van der Waals surface area (Å²) >= 11 is 0. The number of nitrogens with zero attached hydrogens (tertiary/aromatic N) is 1. The fraction of sp³-hybridized carbons (Fsp3) is 0.200. The van der Waals surface area contributed by atoms with E-state index < -0.39 is 28.1 Å². The number of rotatable bonds is 3. The van der Waals surface area contributed by atoms with Crippen molar-refractivity contribution < 1.29 is 28.7 Å². The number of cyclic esters (lactones) is 2. The highest BCUT2D eigenvalue weighted by Gasteiger charge is 2.41.